The molecule has 0 amide bonds. The third-order valence-corrected chi connectivity index (χ3v) is 2.50. The summed E-state index contributed by atoms with van der Waals surface area (Å²) in [6.07, 6.45) is 0. The lowest BCUT2D eigenvalue weighted by Crippen LogP contribution is -1.68. The Kier molecular flexibility index (Phi) is 1.43. The van der Waals surface area contributed by atoms with E-state index in [1.807, 2.05) is 6.07 Å². The van der Waals surface area contributed by atoms with Crippen LogP contribution >= 0.6 is 11.3 Å². The van der Waals surface area contributed by atoms with Gasteiger partial charge in [0.25, 0.3) is 0 Å². The van der Waals surface area contributed by atoms with E-state index in [1.54, 1.807) is 17.4 Å². The van der Waals surface area contributed by atoms with E-state index in [0.29, 0.717) is 0 Å². The van der Waals surface area contributed by atoms with Gasteiger partial charge in [0.2, 0.25) is 0 Å². The van der Waals surface area contributed by atoms with Gasteiger partial charge in [-0.15, -0.1) is 11.3 Å². The molecule has 0 N–H and O–H groups in total. The predicted octanol–water partition coefficient (Wildman–Crippen LogP) is 3.22. The average molecular weight is 165 g/mol. The summed E-state index contributed by atoms with van der Waals surface area (Å²) in [5.74, 6) is -0.185. The van der Waals surface area contributed by atoms with Gasteiger partial charge in [-0.05, 0) is 36.6 Å². The maximum absolute atomic E-state index is 12.6. The fraction of sp³-hybridized carbons (Fsp3) is 0. The smallest absolute Gasteiger partial charge is 0.123 e. The van der Waals surface area contributed by atoms with Gasteiger partial charge in [0.15, 0.2) is 0 Å². The molecule has 0 unspecified atom stereocenters. The molecular weight excluding hydrogens is 159 g/mol. The molecule has 0 saturated heterocycles. The molecular formula is C9H6FS. The van der Waals surface area contributed by atoms with Gasteiger partial charge >= 0.3 is 0 Å². The molecule has 0 fully saturated rings. The van der Waals surface area contributed by atoms with Crippen LogP contribution in [0.3, 0.4) is 0 Å². The van der Waals surface area contributed by atoms with Crippen LogP contribution in [0, 0.1) is 12.7 Å². The minimum atomic E-state index is -0.185. The first-order valence-electron chi connectivity index (χ1n) is 3.27. The second-order valence-corrected chi connectivity index (χ2v) is 3.56. The zero-order chi connectivity index (χ0) is 7.84. The summed E-state index contributed by atoms with van der Waals surface area (Å²) in [5.41, 5.74) is 0. The van der Waals surface area contributed by atoms with Crippen LogP contribution in [0.1, 0.15) is 4.88 Å². The number of benzene rings is 1. The third-order valence-electron chi connectivity index (χ3n) is 1.53. The predicted molar refractivity (Wildman–Crippen MR) is 46.2 cm³/mol. The van der Waals surface area contributed by atoms with Crippen molar-refractivity contribution < 1.29 is 4.39 Å². The molecule has 0 bridgehead atoms. The first kappa shape index (κ1) is 6.80. The highest BCUT2D eigenvalue weighted by molar-refractivity contribution is 7.19. The highest BCUT2D eigenvalue weighted by atomic mass is 32.1. The molecule has 1 radical (unpaired) electrons. The van der Waals surface area contributed by atoms with Gasteiger partial charge in [-0.3, -0.25) is 0 Å². The minimum Gasteiger partial charge on any atom is -0.207 e. The highest BCUT2D eigenvalue weighted by Crippen LogP contribution is 2.24. The summed E-state index contributed by atoms with van der Waals surface area (Å²) in [5, 5.41) is 0.944. The number of hydrogen-bond acceptors (Lipinski definition) is 1. The average Bonchev–Trinajstić information content (AvgIpc) is 2.27. The van der Waals surface area contributed by atoms with E-state index in [9.17, 15) is 4.39 Å². The van der Waals surface area contributed by atoms with Crippen molar-refractivity contribution in [2.24, 2.45) is 0 Å². The molecule has 0 saturated carbocycles. The Morgan fingerprint density at radius 2 is 2.09 bits per heavy atom. The lowest BCUT2D eigenvalue weighted by molar-refractivity contribution is 0.630. The molecule has 11 heavy (non-hydrogen) atoms. The summed E-state index contributed by atoms with van der Waals surface area (Å²) in [6.45, 7) is 3.78. The van der Waals surface area contributed by atoms with E-state index in [1.165, 1.54) is 12.1 Å². The molecule has 55 valence electrons. The van der Waals surface area contributed by atoms with Crippen molar-refractivity contribution in [2.75, 3.05) is 0 Å². The fourth-order valence-corrected chi connectivity index (χ4v) is 1.91. The van der Waals surface area contributed by atoms with Crippen LogP contribution in [0.2, 0.25) is 0 Å². The van der Waals surface area contributed by atoms with Crippen molar-refractivity contribution >= 4 is 21.4 Å². The third kappa shape index (κ3) is 1.14. The Bertz CT molecular complexity index is 389. The Hall–Kier alpha value is -0.890. The van der Waals surface area contributed by atoms with Crippen LogP contribution < -0.4 is 0 Å². The van der Waals surface area contributed by atoms with E-state index in [2.05, 4.69) is 6.92 Å². The van der Waals surface area contributed by atoms with Gasteiger partial charge < -0.3 is 0 Å². The summed E-state index contributed by atoms with van der Waals surface area (Å²) >= 11 is 1.58. The molecule has 0 aliphatic heterocycles. The monoisotopic (exact) mass is 165 g/mol. The van der Waals surface area contributed by atoms with Crippen LogP contribution in [-0.4, -0.2) is 0 Å². The van der Waals surface area contributed by atoms with Crippen LogP contribution in [-0.2, 0) is 0 Å². The topological polar surface area (TPSA) is 0 Å². The lowest BCUT2D eigenvalue weighted by Gasteiger charge is -1.86. The van der Waals surface area contributed by atoms with Gasteiger partial charge in [0.1, 0.15) is 5.82 Å². The quantitative estimate of drug-likeness (QED) is 0.562. The van der Waals surface area contributed by atoms with Gasteiger partial charge in [-0.1, -0.05) is 0 Å². The molecule has 2 rings (SSSR count). The first-order valence-corrected chi connectivity index (χ1v) is 4.08. The summed E-state index contributed by atoms with van der Waals surface area (Å²) in [7, 11) is 0. The van der Waals surface area contributed by atoms with E-state index in [0.717, 1.165) is 15.0 Å². The van der Waals surface area contributed by atoms with Crippen molar-refractivity contribution in [3.63, 3.8) is 0 Å². The Morgan fingerprint density at radius 3 is 2.91 bits per heavy atom. The van der Waals surface area contributed by atoms with Gasteiger partial charge in [-0.2, -0.15) is 0 Å². The van der Waals surface area contributed by atoms with Gasteiger partial charge in [0.05, 0.1) is 0 Å². The van der Waals surface area contributed by atoms with Crippen LogP contribution in [0.4, 0.5) is 4.39 Å². The van der Waals surface area contributed by atoms with E-state index < -0.39 is 0 Å². The summed E-state index contributed by atoms with van der Waals surface area (Å²) in [4.78, 5) is 0.977. The van der Waals surface area contributed by atoms with Crippen molar-refractivity contribution in [1.82, 2.24) is 0 Å². The van der Waals surface area contributed by atoms with E-state index >= 15 is 0 Å². The molecule has 2 heteroatoms. The molecule has 0 spiro atoms. The fourth-order valence-electron chi connectivity index (χ4n) is 1.07. The number of halogens is 1. The molecule has 0 nitrogen and oxygen atoms in total. The zero-order valence-electron chi connectivity index (χ0n) is 5.80. The number of fused-ring (bicyclic) bond motifs is 1. The van der Waals surface area contributed by atoms with Crippen LogP contribution in [0.5, 0.6) is 0 Å². The minimum absolute atomic E-state index is 0.185. The molecule has 1 heterocycles. The molecule has 0 aliphatic carbocycles. The molecule has 0 aliphatic rings. The van der Waals surface area contributed by atoms with Crippen molar-refractivity contribution in [3.05, 3.63) is 41.9 Å². The molecule has 2 aromatic rings. The first-order chi connectivity index (χ1) is 5.25. The van der Waals surface area contributed by atoms with E-state index in [-0.39, 0.29) is 5.82 Å². The van der Waals surface area contributed by atoms with Gasteiger partial charge in [0, 0.05) is 9.58 Å². The number of hydrogen-bond donors (Lipinski definition) is 0. The maximum Gasteiger partial charge on any atom is 0.123 e. The normalized spacial score (nSPS) is 10.7. The molecule has 1 aromatic carbocycles. The van der Waals surface area contributed by atoms with Crippen molar-refractivity contribution in [1.29, 1.82) is 0 Å². The molecule has 0 atom stereocenters. The SMILES string of the molecule is [CH2]c1cc2cc(F)ccc2s1. The molecule has 1 aromatic heterocycles. The van der Waals surface area contributed by atoms with E-state index in [4.69, 9.17) is 0 Å². The summed E-state index contributed by atoms with van der Waals surface area (Å²) < 4.78 is 13.7. The van der Waals surface area contributed by atoms with Crippen molar-refractivity contribution in [3.8, 4) is 0 Å². The number of rotatable bonds is 0. The maximum atomic E-state index is 12.6. The zero-order valence-corrected chi connectivity index (χ0v) is 6.62. The van der Waals surface area contributed by atoms with Gasteiger partial charge in [-0.25, -0.2) is 4.39 Å². The largest absolute Gasteiger partial charge is 0.207 e. The summed E-state index contributed by atoms with van der Waals surface area (Å²) in [6, 6.07) is 6.67. The van der Waals surface area contributed by atoms with Crippen LogP contribution in [0.15, 0.2) is 24.3 Å². The van der Waals surface area contributed by atoms with Crippen LogP contribution in [0.25, 0.3) is 10.1 Å². The van der Waals surface area contributed by atoms with Crippen molar-refractivity contribution in [2.45, 2.75) is 0 Å². The lowest BCUT2D eigenvalue weighted by atomic mass is 10.2. The Balaban J connectivity index is 2.82. The number of thiophene rings is 1. The highest BCUT2D eigenvalue weighted by Gasteiger charge is 1.98. The second-order valence-electron chi connectivity index (χ2n) is 2.39. The second kappa shape index (κ2) is 2.31. The Morgan fingerprint density at radius 1 is 1.27 bits per heavy atom. The standard InChI is InChI=1S/C9H6FS/c1-6-4-7-5-8(10)2-3-9(7)11-6/h2-5H,1H2. The Labute approximate surface area is 68.3 Å².